The molecule has 1 unspecified atom stereocenters. The van der Waals surface area contributed by atoms with Gasteiger partial charge in [0.15, 0.2) is 0 Å². The number of benzene rings is 1. The standard InChI is InChI=1S/C14H17FN2O/c1-10-4-3-5-12(14(10)15)13(18)7-6-11-8-16-17(2)9-11/h3-5,8-9,13,18H,6-7H2,1-2H3. The number of halogens is 1. The number of rotatable bonds is 4. The van der Waals surface area contributed by atoms with Crippen LogP contribution in [0.15, 0.2) is 30.6 Å². The Kier molecular flexibility index (Phi) is 3.77. The number of aliphatic hydroxyl groups is 1. The molecular formula is C14H17FN2O. The minimum atomic E-state index is -0.773. The predicted octanol–water partition coefficient (Wildman–Crippen LogP) is 2.53. The number of aromatic nitrogens is 2. The van der Waals surface area contributed by atoms with Crippen molar-refractivity contribution in [1.82, 2.24) is 9.78 Å². The summed E-state index contributed by atoms with van der Waals surface area (Å²) < 4.78 is 15.5. The Hall–Kier alpha value is -1.68. The minimum absolute atomic E-state index is 0.309. The maximum absolute atomic E-state index is 13.8. The second-order valence-electron chi connectivity index (χ2n) is 4.55. The van der Waals surface area contributed by atoms with Crippen molar-refractivity contribution < 1.29 is 9.50 Å². The fraction of sp³-hybridized carbons (Fsp3) is 0.357. The maximum atomic E-state index is 13.8. The number of aryl methyl sites for hydroxylation is 3. The van der Waals surface area contributed by atoms with Gasteiger partial charge in [-0.25, -0.2) is 4.39 Å². The van der Waals surface area contributed by atoms with Crippen molar-refractivity contribution in [3.05, 3.63) is 53.1 Å². The Bertz CT molecular complexity index is 536. The second-order valence-corrected chi connectivity index (χ2v) is 4.55. The molecule has 3 nitrogen and oxygen atoms in total. The second kappa shape index (κ2) is 5.31. The predicted molar refractivity (Wildman–Crippen MR) is 67.6 cm³/mol. The van der Waals surface area contributed by atoms with E-state index in [4.69, 9.17) is 0 Å². The van der Waals surface area contributed by atoms with Crippen LogP contribution in [0.4, 0.5) is 4.39 Å². The average Bonchev–Trinajstić information content (AvgIpc) is 2.76. The molecule has 96 valence electrons. The molecule has 0 bridgehead atoms. The highest BCUT2D eigenvalue weighted by Crippen LogP contribution is 2.23. The van der Waals surface area contributed by atoms with Crippen LogP contribution in [0.3, 0.4) is 0 Å². The molecule has 0 fully saturated rings. The van der Waals surface area contributed by atoms with Crippen LogP contribution >= 0.6 is 0 Å². The van der Waals surface area contributed by atoms with E-state index in [0.717, 1.165) is 5.56 Å². The molecular weight excluding hydrogens is 231 g/mol. The molecule has 4 heteroatoms. The lowest BCUT2D eigenvalue weighted by Gasteiger charge is -2.12. The van der Waals surface area contributed by atoms with E-state index in [1.165, 1.54) is 0 Å². The number of hydrogen-bond acceptors (Lipinski definition) is 2. The first-order valence-corrected chi connectivity index (χ1v) is 5.98. The van der Waals surface area contributed by atoms with Gasteiger partial charge < -0.3 is 5.11 Å². The van der Waals surface area contributed by atoms with Crippen molar-refractivity contribution in [3.8, 4) is 0 Å². The molecule has 1 aromatic heterocycles. The van der Waals surface area contributed by atoms with Crippen LogP contribution in [0.25, 0.3) is 0 Å². The van der Waals surface area contributed by atoms with Crippen molar-refractivity contribution in [2.75, 3.05) is 0 Å². The Labute approximate surface area is 106 Å². The summed E-state index contributed by atoms with van der Waals surface area (Å²) in [5.74, 6) is -0.309. The minimum Gasteiger partial charge on any atom is -0.388 e. The van der Waals surface area contributed by atoms with Crippen LogP contribution in [-0.4, -0.2) is 14.9 Å². The lowest BCUT2D eigenvalue weighted by atomic mass is 10.0. The van der Waals surface area contributed by atoms with Gasteiger partial charge in [0.2, 0.25) is 0 Å². The molecule has 0 aliphatic heterocycles. The SMILES string of the molecule is Cc1cccc(C(O)CCc2cnn(C)c2)c1F. The van der Waals surface area contributed by atoms with Gasteiger partial charge in [0, 0.05) is 18.8 Å². The summed E-state index contributed by atoms with van der Waals surface area (Å²) >= 11 is 0. The largest absolute Gasteiger partial charge is 0.388 e. The van der Waals surface area contributed by atoms with Crippen molar-refractivity contribution in [1.29, 1.82) is 0 Å². The Balaban J connectivity index is 2.03. The van der Waals surface area contributed by atoms with Crippen LogP contribution in [0.2, 0.25) is 0 Å². The van der Waals surface area contributed by atoms with Crippen molar-refractivity contribution in [2.24, 2.45) is 7.05 Å². The third-order valence-electron chi connectivity index (χ3n) is 3.05. The van der Waals surface area contributed by atoms with Gasteiger partial charge in [0.25, 0.3) is 0 Å². The summed E-state index contributed by atoms with van der Waals surface area (Å²) in [4.78, 5) is 0. The van der Waals surface area contributed by atoms with Crippen LogP contribution in [0.5, 0.6) is 0 Å². The summed E-state index contributed by atoms with van der Waals surface area (Å²) in [7, 11) is 1.85. The Morgan fingerprint density at radius 2 is 2.22 bits per heavy atom. The molecule has 0 amide bonds. The third kappa shape index (κ3) is 2.76. The molecule has 2 aromatic rings. The van der Waals surface area contributed by atoms with E-state index in [1.54, 1.807) is 36.0 Å². The molecule has 0 aliphatic rings. The molecule has 2 rings (SSSR count). The highest BCUT2D eigenvalue weighted by Gasteiger charge is 2.14. The van der Waals surface area contributed by atoms with Crippen molar-refractivity contribution in [3.63, 3.8) is 0 Å². The van der Waals surface area contributed by atoms with Gasteiger partial charge in [0.05, 0.1) is 12.3 Å². The molecule has 0 aliphatic carbocycles. The lowest BCUT2D eigenvalue weighted by molar-refractivity contribution is 0.163. The molecule has 0 spiro atoms. The quantitative estimate of drug-likeness (QED) is 0.903. The van der Waals surface area contributed by atoms with E-state index < -0.39 is 6.10 Å². The van der Waals surface area contributed by atoms with Crippen molar-refractivity contribution >= 4 is 0 Å². The molecule has 1 aromatic carbocycles. The lowest BCUT2D eigenvalue weighted by Crippen LogP contribution is -2.03. The highest BCUT2D eigenvalue weighted by molar-refractivity contribution is 5.26. The van der Waals surface area contributed by atoms with Gasteiger partial charge in [-0.05, 0) is 30.9 Å². The Morgan fingerprint density at radius 1 is 1.44 bits per heavy atom. The average molecular weight is 248 g/mol. The molecule has 1 heterocycles. The first-order chi connectivity index (χ1) is 8.58. The monoisotopic (exact) mass is 248 g/mol. The molecule has 0 saturated carbocycles. The van der Waals surface area contributed by atoms with Crippen LogP contribution < -0.4 is 0 Å². The third-order valence-corrected chi connectivity index (χ3v) is 3.05. The first-order valence-electron chi connectivity index (χ1n) is 5.98. The number of hydrogen-bond donors (Lipinski definition) is 1. The fourth-order valence-electron chi connectivity index (χ4n) is 1.99. The first kappa shape index (κ1) is 12.8. The fourth-order valence-corrected chi connectivity index (χ4v) is 1.99. The van der Waals surface area contributed by atoms with E-state index in [0.29, 0.717) is 24.0 Å². The smallest absolute Gasteiger partial charge is 0.131 e. The van der Waals surface area contributed by atoms with E-state index in [-0.39, 0.29) is 5.82 Å². The normalized spacial score (nSPS) is 12.7. The zero-order chi connectivity index (χ0) is 13.1. The topological polar surface area (TPSA) is 38.1 Å². The van der Waals surface area contributed by atoms with Gasteiger partial charge in [0.1, 0.15) is 5.82 Å². The summed E-state index contributed by atoms with van der Waals surface area (Å²) in [6, 6.07) is 5.10. The highest BCUT2D eigenvalue weighted by atomic mass is 19.1. The van der Waals surface area contributed by atoms with Crippen LogP contribution in [0.1, 0.15) is 29.2 Å². The number of nitrogens with zero attached hydrogens (tertiary/aromatic N) is 2. The maximum Gasteiger partial charge on any atom is 0.131 e. The van der Waals surface area contributed by atoms with Gasteiger partial charge in [-0.2, -0.15) is 5.10 Å². The zero-order valence-corrected chi connectivity index (χ0v) is 10.6. The van der Waals surface area contributed by atoms with Gasteiger partial charge >= 0.3 is 0 Å². The summed E-state index contributed by atoms with van der Waals surface area (Å²) in [5, 5.41) is 14.1. The summed E-state index contributed by atoms with van der Waals surface area (Å²) in [6.07, 6.45) is 4.07. The summed E-state index contributed by atoms with van der Waals surface area (Å²) in [6.45, 7) is 1.70. The van der Waals surface area contributed by atoms with E-state index >= 15 is 0 Å². The van der Waals surface area contributed by atoms with Crippen LogP contribution in [-0.2, 0) is 13.5 Å². The van der Waals surface area contributed by atoms with Crippen molar-refractivity contribution in [2.45, 2.75) is 25.9 Å². The molecule has 18 heavy (non-hydrogen) atoms. The Morgan fingerprint density at radius 3 is 2.89 bits per heavy atom. The van der Waals surface area contributed by atoms with E-state index in [2.05, 4.69) is 5.10 Å². The zero-order valence-electron chi connectivity index (χ0n) is 10.6. The van der Waals surface area contributed by atoms with Crippen LogP contribution in [0, 0.1) is 12.7 Å². The van der Waals surface area contributed by atoms with E-state index in [1.807, 2.05) is 13.2 Å². The van der Waals surface area contributed by atoms with Gasteiger partial charge in [-0.3, -0.25) is 4.68 Å². The van der Waals surface area contributed by atoms with Gasteiger partial charge in [-0.1, -0.05) is 18.2 Å². The summed E-state index contributed by atoms with van der Waals surface area (Å²) in [5.41, 5.74) is 1.98. The molecule has 0 radical (unpaired) electrons. The molecule has 1 N–H and O–H groups in total. The molecule has 1 atom stereocenters. The molecule has 0 saturated heterocycles. The van der Waals surface area contributed by atoms with E-state index in [9.17, 15) is 9.50 Å². The number of aliphatic hydroxyl groups excluding tert-OH is 1. The van der Waals surface area contributed by atoms with Gasteiger partial charge in [-0.15, -0.1) is 0 Å².